The van der Waals surface area contributed by atoms with E-state index in [0.717, 1.165) is 25.9 Å². The molecule has 0 heterocycles. The monoisotopic (exact) mass is 467 g/mol. The largest absolute Gasteiger partial charge is 0.309 e. The minimum absolute atomic E-state index is 0.125. The van der Waals surface area contributed by atoms with Crippen molar-refractivity contribution in [1.82, 2.24) is 5.32 Å². The molecule has 1 spiro atoms. The topological polar surface area (TPSA) is 12.0 Å². The van der Waals surface area contributed by atoms with Crippen LogP contribution in [-0.2, 0) is 18.5 Å². The highest BCUT2D eigenvalue weighted by atomic mass is 14.8. The zero-order valence-corrected chi connectivity index (χ0v) is 21.0. The summed E-state index contributed by atoms with van der Waals surface area (Å²) in [6, 6.07) is 26.9. The number of rotatable bonds is 6. The molecule has 6 rings (SSSR count). The standard InChI is InChI=1S/C35H33N/c1-3-4-15-28-25(2)35(32-18-10-6-9-16-29(28)32)33-19-12-11-17-30(33)31-21-20-27(22-34(31)35)24-36-23-26-13-7-5-8-14-26/h3-9,11-17,19-22,32,36H,1,10,18,23-24H2,2H3/b15-4-. The summed E-state index contributed by atoms with van der Waals surface area (Å²) in [6.07, 6.45) is 15.5. The van der Waals surface area contributed by atoms with Crippen LogP contribution in [0, 0.1) is 5.92 Å². The number of allylic oxidation sites excluding steroid dienone is 9. The lowest BCUT2D eigenvalue weighted by atomic mass is 9.65. The first-order chi connectivity index (χ1) is 17.7. The van der Waals surface area contributed by atoms with Gasteiger partial charge in [0.25, 0.3) is 0 Å². The lowest BCUT2D eigenvalue weighted by Gasteiger charge is -2.37. The summed E-state index contributed by atoms with van der Waals surface area (Å²) in [6.45, 7) is 8.04. The highest BCUT2D eigenvalue weighted by molar-refractivity contribution is 5.86. The van der Waals surface area contributed by atoms with Gasteiger partial charge in [-0.25, -0.2) is 0 Å². The van der Waals surface area contributed by atoms with Gasteiger partial charge in [-0.2, -0.15) is 0 Å². The van der Waals surface area contributed by atoms with E-state index >= 15 is 0 Å². The molecule has 0 amide bonds. The summed E-state index contributed by atoms with van der Waals surface area (Å²) in [5, 5.41) is 3.67. The van der Waals surface area contributed by atoms with Crippen molar-refractivity contribution in [1.29, 1.82) is 0 Å². The SMILES string of the molecule is C=C/C=C\C1=C(C)C2(c3ccccc3-c3ccc(CNCc4ccccc4)cc32)C2CCC=CC=C12. The van der Waals surface area contributed by atoms with Crippen LogP contribution in [0.1, 0.15) is 42.0 Å². The van der Waals surface area contributed by atoms with Crippen LogP contribution in [0.3, 0.4) is 0 Å². The van der Waals surface area contributed by atoms with Gasteiger partial charge in [0.15, 0.2) is 0 Å². The van der Waals surface area contributed by atoms with E-state index in [1.54, 1.807) is 0 Å². The molecule has 36 heavy (non-hydrogen) atoms. The summed E-state index contributed by atoms with van der Waals surface area (Å²) in [4.78, 5) is 0. The summed E-state index contributed by atoms with van der Waals surface area (Å²) < 4.78 is 0. The van der Waals surface area contributed by atoms with E-state index in [4.69, 9.17) is 0 Å². The Morgan fingerprint density at radius 2 is 1.69 bits per heavy atom. The first-order valence-electron chi connectivity index (χ1n) is 13.1. The zero-order chi connectivity index (χ0) is 24.5. The Labute approximate surface area is 215 Å². The van der Waals surface area contributed by atoms with Crippen LogP contribution in [0.25, 0.3) is 11.1 Å². The first-order valence-corrected chi connectivity index (χ1v) is 13.1. The Balaban J connectivity index is 1.48. The van der Waals surface area contributed by atoms with E-state index in [2.05, 4.69) is 122 Å². The van der Waals surface area contributed by atoms with Crippen molar-refractivity contribution in [2.24, 2.45) is 5.92 Å². The van der Waals surface area contributed by atoms with E-state index < -0.39 is 0 Å². The quantitative estimate of drug-likeness (QED) is 0.360. The maximum absolute atomic E-state index is 3.94. The zero-order valence-electron chi connectivity index (χ0n) is 21.0. The molecule has 0 saturated heterocycles. The van der Waals surface area contributed by atoms with Crippen LogP contribution >= 0.6 is 0 Å². The van der Waals surface area contributed by atoms with Gasteiger partial charge in [0.1, 0.15) is 0 Å². The fraction of sp³-hybridized carbons (Fsp3) is 0.200. The molecule has 3 aliphatic carbocycles. The molecule has 0 aromatic heterocycles. The van der Waals surface area contributed by atoms with Crippen LogP contribution in [0.2, 0.25) is 0 Å². The van der Waals surface area contributed by atoms with E-state index in [0.29, 0.717) is 5.92 Å². The summed E-state index contributed by atoms with van der Waals surface area (Å²) in [7, 11) is 0. The van der Waals surface area contributed by atoms with Gasteiger partial charge in [-0.1, -0.05) is 121 Å². The molecule has 0 bridgehead atoms. The Kier molecular flexibility index (Phi) is 5.95. The second-order valence-corrected chi connectivity index (χ2v) is 10.1. The average molecular weight is 468 g/mol. The van der Waals surface area contributed by atoms with Crippen molar-refractivity contribution in [3.8, 4) is 11.1 Å². The van der Waals surface area contributed by atoms with Crippen molar-refractivity contribution in [2.75, 3.05) is 0 Å². The third kappa shape index (κ3) is 3.50. The third-order valence-corrected chi connectivity index (χ3v) is 8.29. The van der Waals surface area contributed by atoms with Gasteiger partial charge in [-0.3, -0.25) is 0 Å². The van der Waals surface area contributed by atoms with Crippen LogP contribution in [-0.4, -0.2) is 0 Å². The Hall–Kier alpha value is -3.68. The van der Waals surface area contributed by atoms with Gasteiger partial charge in [-0.05, 0) is 64.3 Å². The van der Waals surface area contributed by atoms with Gasteiger partial charge in [0, 0.05) is 24.4 Å². The number of nitrogens with one attached hydrogen (secondary N) is 1. The molecule has 2 unspecified atom stereocenters. The fourth-order valence-corrected chi connectivity index (χ4v) is 6.80. The van der Waals surface area contributed by atoms with E-state index in [9.17, 15) is 0 Å². The van der Waals surface area contributed by atoms with Gasteiger partial charge in [0.05, 0.1) is 0 Å². The van der Waals surface area contributed by atoms with E-state index in [1.807, 2.05) is 6.08 Å². The molecule has 2 atom stereocenters. The van der Waals surface area contributed by atoms with Crippen LogP contribution < -0.4 is 5.32 Å². The molecule has 1 nitrogen and oxygen atoms in total. The fourth-order valence-electron chi connectivity index (χ4n) is 6.80. The molecule has 0 radical (unpaired) electrons. The molecule has 1 heteroatoms. The number of fused-ring (bicyclic) bond motifs is 7. The normalized spacial score (nSPS) is 21.9. The lowest BCUT2D eigenvalue weighted by molar-refractivity contribution is 0.432. The molecule has 0 fully saturated rings. The van der Waals surface area contributed by atoms with Gasteiger partial charge in [0.2, 0.25) is 0 Å². The average Bonchev–Trinajstić information content (AvgIpc) is 3.17. The number of hydrogen-bond donors (Lipinski definition) is 1. The molecule has 0 aliphatic heterocycles. The second-order valence-electron chi connectivity index (χ2n) is 10.1. The molecular weight excluding hydrogens is 434 g/mol. The maximum Gasteiger partial charge on any atom is 0.0498 e. The van der Waals surface area contributed by atoms with Crippen LogP contribution in [0.4, 0.5) is 0 Å². The molecule has 3 aliphatic rings. The van der Waals surface area contributed by atoms with Crippen LogP contribution in [0.5, 0.6) is 0 Å². The highest BCUT2D eigenvalue weighted by Crippen LogP contribution is 2.64. The lowest BCUT2D eigenvalue weighted by Crippen LogP contribution is -2.33. The summed E-state index contributed by atoms with van der Waals surface area (Å²) in [5.41, 5.74) is 12.6. The second kappa shape index (κ2) is 9.41. The Morgan fingerprint density at radius 3 is 2.56 bits per heavy atom. The van der Waals surface area contributed by atoms with Crippen molar-refractivity contribution in [3.63, 3.8) is 0 Å². The van der Waals surface area contributed by atoms with Gasteiger partial charge < -0.3 is 5.32 Å². The van der Waals surface area contributed by atoms with E-state index in [1.165, 1.54) is 50.1 Å². The van der Waals surface area contributed by atoms with E-state index in [-0.39, 0.29) is 5.41 Å². The Bertz CT molecular complexity index is 1430. The van der Waals surface area contributed by atoms with Crippen molar-refractivity contribution in [2.45, 2.75) is 38.3 Å². The summed E-state index contributed by atoms with van der Waals surface area (Å²) in [5.74, 6) is 0.423. The molecule has 3 aromatic carbocycles. The number of benzene rings is 3. The molecular formula is C35H33N. The van der Waals surface area contributed by atoms with Crippen LogP contribution in [0.15, 0.2) is 133 Å². The van der Waals surface area contributed by atoms with Gasteiger partial charge >= 0.3 is 0 Å². The number of hydrogen-bond acceptors (Lipinski definition) is 1. The minimum atomic E-state index is -0.125. The van der Waals surface area contributed by atoms with Crippen molar-refractivity contribution >= 4 is 0 Å². The smallest absolute Gasteiger partial charge is 0.0498 e. The highest BCUT2D eigenvalue weighted by Gasteiger charge is 2.55. The predicted molar refractivity (Wildman–Crippen MR) is 152 cm³/mol. The molecule has 3 aromatic rings. The maximum atomic E-state index is 3.94. The van der Waals surface area contributed by atoms with Crippen molar-refractivity contribution in [3.05, 3.63) is 155 Å². The Morgan fingerprint density at radius 1 is 0.917 bits per heavy atom. The molecule has 1 N–H and O–H groups in total. The predicted octanol–water partition coefficient (Wildman–Crippen LogP) is 8.21. The third-order valence-electron chi connectivity index (χ3n) is 8.29. The van der Waals surface area contributed by atoms with Gasteiger partial charge in [-0.15, -0.1) is 0 Å². The minimum Gasteiger partial charge on any atom is -0.309 e. The molecule has 0 saturated carbocycles. The van der Waals surface area contributed by atoms with Crippen molar-refractivity contribution < 1.29 is 0 Å². The summed E-state index contributed by atoms with van der Waals surface area (Å²) >= 11 is 0. The molecule has 178 valence electrons. The first kappa shape index (κ1) is 22.8.